The number of carbonyl (C=O) groups is 1. The van der Waals surface area contributed by atoms with Crippen molar-refractivity contribution in [1.82, 2.24) is 0 Å². The van der Waals surface area contributed by atoms with Gasteiger partial charge in [0.2, 0.25) is 5.82 Å². The summed E-state index contributed by atoms with van der Waals surface area (Å²) in [5.41, 5.74) is 0.135. The molecule has 0 atom stereocenters. The van der Waals surface area contributed by atoms with Gasteiger partial charge in [-0.25, -0.2) is 0 Å². The molecular weight excluding hydrogens is 239 g/mol. The Balaban J connectivity index is 2.45. The molecule has 0 amide bonds. The Bertz CT molecular complexity index is 480. The van der Waals surface area contributed by atoms with E-state index in [1.54, 1.807) is 6.07 Å². The van der Waals surface area contributed by atoms with Gasteiger partial charge < -0.3 is 14.6 Å². The van der Waals surface area contributed by atoms with Crippen molar-refractivity contribution in [2.45, 2.75) is 24.7 Å². The maximum atomic E-state index is 14.0. The van der Waals surface area contributed by atoms with Crippen molar-refractivity contribution in [3.8, 4) is 11.5 Å². The number of hydrogen-bond acceptors (Lipinski definition) is 3. The van der Waals surface area contributed by atoms with Gasteiger partial charge in [-0.3, -0.25) is 4.79 Å². The number of carboxylic acids is 1. The van der Waals surface area contributed by atoms with Crippen LogP contribution in [-0.4, -0.2) is 25.3 Å². The molecular formula is C13H15FO4. The lowest BCUT2D eigenvalue weighted by Crippen LogP contribution is -2.15. The Hall–Kier alpha value is -1.78. The zero-order chi connectivity index (χ0) is 13.3. The second-order valence-electron chi connectivity index (χ2n) is 4.51. The highest BCUT2D eigenvalue weighted by atomic mass is 19.1. The molecule has 1 aromatic carbocycles. The molecule has 1 aliphatic carbocycles. The van der Waals surface area contributed by atoms with E-state index in [1.807, 2.05) is 0 Å². The van der Waals surface area contributed by atoms with Crippen molar-refractivity contribution >= 4 is 5.97 Å². The molecule has 1 aromatic rings. The normalized spacial score (nSPS) is 16.2. The molecule has 0 radical (unpaired) electrons. The molecule has 18 heavy (non-hydrogen) atoms. The number of benzene rings is 1. The molecule has 5 heteroatoms. The third kappa shape index (κ3) is 2.00. The molecule has 0 bridgehead atoms. The average Bonchev–Trinajstić information content (AvgIpc) is 3.08. The molecule has 1 aliphatic rings. The number of halogens is 1. The smallest absolute Gasteiger partial charge is 0.304 e. The first-order valence-electron chi connectivity index (χ1n) is 5.67. The number of hydrogen-bond donors (Lipinski definition) is 1. The summed E-state index contributed by atoms with van der Waals surface area (Å²) < 4.78 is 24.0. The third-order valence-electron chi connectivity index (χ3n) is 3.40. The lowest BCUT2D eigenvalue weighted by Gasteiger charge is -2.18. The highest BCUT2D eigenvalue weighted by Gasteiger charge is 2.48. The van der Waals surface area contributed by atoms with Crippen molar-refractivity contribution in [1.29, 1.82) is 0 Å². The van der Waals surface area contributed by atoms with Crippen molar-refractivity contribution < 1.29 is 23.8 Å². The second-order valence-corrected chi connectivity index (χ2v) is 4.51. The average molecular weight is 254 g/mol. The number of ether oxygens (including phenoxy) is 2. The van der Waals surface area contributed by atoms with E-state index in [9.17, 15) is 9.18 Å². The summed E-state index contributed by atoms with van der Waals surface area (Å²) >= 11 is 0. The molecule has 2 rings (SSSR count). The topological polar surface area (TPSA) is 55.8 Å². The van der Waals surface area contributed by atoms with E-state index in [4.69, 9.17) is 14.6 Å². The molecule has 1 fully saturated rings. The Labute approximate surface area is 104 Å². The second kappa shape index (κ2) is 4.48. The number of rotatable bonds is 5. The van der Waals surface area contributed by atoms with Gasteiger partial charge in [-0.1, -0.05) is 6.07 Å². The van der Waals surface area contributed by atoms with Gasteiger partial charge in [0.15, 0.2) is 11.5 Å². The van der Waals surface area contributed by atoms with Gasteiger partial charge in [0.05, 0.1) is 20.6 Å². The summed E-state index contributed by atoms with van der Waals surface area (Å²) in [5, 5.41) is 8.92. The van der Waals surface area contributed by atoms with Crippen molar-refractivity contribution in [3.63, 3.8) is 0 Å². The van der Waals surface area contributed by atoms with E-state index < -0.39 is 17.2 Å². The molecule has 0 aromatic heterocycles. The largest absolute Gasteiger partial charge is 0.494 e. The van der Waals surface area contributed by atoms with E-state index >= 15 is 0 Å². The van der Waals surface area contributed by atoms with E-state index in [0.717, 1.165) is 12.8 Å². The van der Waals surface area contributed by atoms with Crippen molar-refractivity contribution in [2.24, 2.45) is 0 Å². The van der Waals surface area contributed by atoms with Gasteiger partial charge in [0.1, 0.15) is 0 Å². The van der Waals surface area contributed by atoms with E-state index in [1.165, 1.54) is 20.3 Å². The fourth-order valence-electron chi connectivity index (χ4n) is 2.29. The molecule has 0 aliphatic heterocycles. The van der Waals surface area contributed by atoms with Crippen LogP contribution in [0.3, 0.4) is 0 Å². The van der Waals surface area contributed by atoms with Crippen LogP contribution in [-0.2, 0) is 10.2 Å². The minimum Gasteiger partial charge on any atom is -0.494 e. The Morgan fingerprint density at radius 1 is 1.39 bits per heavy atom. The molecule has 98 valence electrons. The van der Waals surface area contributed by atoms with E-state index in [2.05, 4.69) is 0 Å². The first kappa shape index (κ1) is 12.7. The Kier molecular flexibility index (Phi) is 3.15. The fraction of sp³-hybridized carbons (Fsp3) is 0.462. The molecule has 0 unspecified atom stereocenters. The minimum absolute atomic E-state index is 0.00483. The zero-order valence-electron chi connectivity index (χ0n) is 10.3. The number of methoxy groups -OCH3 is 2. The SMILES string of the molecule is COc1ccc(C2(CC(=O)O)CC2)c(OC)c1F. The van der Waals surface area contributed by atoms with Gasteiger partial charge in [-0.05, 0) is 18.9 Å². The van der Waals surface area contributed by atoms with Crippen LogP contribution in [0.4, 0.5) is 4.39 Å². The molecule has 4 nitrogen and oxygen atoms in total. The van der Waals surface area contributed by atoms with Gasteiger partial charge in [-0.15, -0.1) is 0 Å². The predicted molar refractivity (Wildman–Crippen MR) is 62.7 cm³/mol. The number of carboxylic acid groups (broad SMARTS) is 1. The summed E-state index contributed by atoms with van der Waals surface area (Å²) in [7, 11) is 2.75. The maximum absolute atomic E-state index is 14.0. The quantitative estimate of drug-likeness (QED) is 0.876. The van der Waals surface area contributed by atoms with E-state index in [0.29, 0.717) is 5.56 Å². The summed E-state index contributed by atoms with van der Waals surface area (Å²) in [6.45, 7) is 0. The zero-order valence-corrected chi connectivity index (χ0v) is 10.3. The minimum atomic E-state index is -0.884. The van der Waals surface area contributed by atoms with Gasteiger partial charge in [0.25, 0.3) is 0 Å². The molecule has 1 saturated carbocycles. The monoisotopic (exact) mass is 254 g/mol. The summed E-state index contributed by atoms with van der Waals surface area (Å²) in [4.78, 5) is 10.9. The maximum Gasteiger partial charge on any atom is 0.304 e. The van der Waals surface area contributed by atoms with Gasteiger partial charge >= 0.3 is 5.97 Å². The summed E-state index contributed by atoms with van der Waals surface area (Å²) in [6.07, 6.45) is 1.47. The Morgan fingerprint density at radius 3 is 2.50 bits per heavy atom. The van der Waals surface area contributed by atoms with E-state index in [-0.39, 0.29) is 17.9 Å². The lowest BCUT2D eigenvalue weighted by atomic mass is 9.91. The van der Waals surface area contributed by atoms with Crippen molar-refractivity contribution in [3.05, 3.63) is 23.5 Å². The van der Waals surface area contributed by atoms with Crippen LogP contribution >= 0.6 is 0 Å². The standard InChI is InChI=1S/C13H15FO4/c1-17-9-4-3-8(12(18-2)11(9)14)13(5-6-13)7-10(15)16/h3-4H,5-7H2,1-2H3,(H,15,16). The van der Waals surface area contributed by atoms with Crippen LogP contribution in [0.25, 0.3) is 0 Å². The first-order valence-corrected chi connectivity index (χ1v) is 5.67. The third-order valence-corrected chi connectivity index (χ3v) is 3.40. The molecule has 0 saturated heterocycles. The fourth-order valence-corrected chi connectivity index (χ4v) is 2.29. The van der Waals surface area contributed by atoms with Gasteiger partial charge in [-0.2, -0.15) is 4.39 Å². The predicted octanol–water partition coefficient (Wildman–Crippen LogP) is 2.35. The van der Waals surface area contributed by atoms with Crippen LogP contribution in [0.1, 0.15) is 24.8 Å². The van der Waals surface area contributed by atoms with Crippen LogP contribution in [0.2, 0.25) is 0 Å². The summed E-state index contributed by atoms with van der Waals surface area (Å²) in [5.74, 6) is -1.27. The van der Waals surface area contributed by atoms with Gasteiger partial charge in [0, 0.05) is 11.0 Å². The summed E-state index contributed by atoms with van der Waals surface area (Å²) in [6, 6.07) is 3.20. The number of aliphatic carboxylic acids is 1. The Morgan fingerprint density at radius 2 is 2.06 bits per heavy atom. The van der Waals surface area contributed by atoms with Crippen LogP contribution in [0, 0.1) is 5.82 Å². The van der Waals surface area contributed by atoms with Crippen LogP contribution in [0.5, 0.6) is 11.5 Å². The van der Waals surface area contributed by atoms with Crippen molar-refractivity contribution in [2.75, 3.05) is 14.2 Å². The molecule has 0 heterocycles. The molecule has 0 spiro atoms. The lowest BCUT2D eigenvalue weighted by molar-refractivity contribution is -0.137. The highest BCUT2D eigenvalue weighted by Crippen LogP contribution is 2.54. The highest BCUT2D eigenvalue weighted by molar-refractivity contribution is 5.70. The van der Waals surface area contributed by atoms with Crippen LogP contribution in [0.15, 0.2) is 12.1 Å². The molecule has 1 N–H and O–H groups in total. The first-order chi connectivity index (χ1) is 8.54. The van der Waals surface area contributed by atoms with Crippen LogP contribution < -0.4 is 9.47 Å².